The zero-order valence-electron chi connectivity index (χ0n) is 15.0. The van der Waals surface area contributed by atoms with Crippen LogP contribution in [0.2, 0.25) is 0 Å². The van der Waals surface area contributed by atoms with Crippen molar-refractivity contribution in [3.8, 4) is 5.88 Å². The summed E-state index contributed by atoms with van der Waals surface area (Å²) in [5.74, 6) is 0.0604. The first-order valence-electron chi connectivity index (χ1n) is 8.55. The maximum Gasteiger partial charge on any atom is 0.216 e. The Morgan fingerprint density at radius 1 is 1.11 bits per heavy atom. The highest BCUT2D eigenvalue weighted by molar-refractivity contribution is 5.80. The Morgan fingerprint density at radius 2 is 2.00 bits per heavy atom. The second-order valence-corrected chi connectivity index (χ2v) is 6.36. The number of halogens is 1. The molecule has 0 amide bonds. The average Bonchev–Trinajstić information content (AvgIpc) is 3.06. The van der Waals surface area contributed by atoms with Crippen molar-refractivity contribution in [2.45, 2.75) is 13.3 Å². The van der Waals surface area contributed by atoms with Crippen LogP contribution in [0.15, 0.2) is 48.9 Å². The fraction of sp³-hybridized carbons (Fsp3) is 0.143. The number of nitrogens with one attached hydrogen (secondary N) is 1. The van der Waals surface area contributed by atoms with E-state index in [2.05, 4.69) is 26.0 Å². The Morgan fingerprint density at radius 3 is 2.74 bits per heavy atom. The van der Waals surface area contributed by atoms with Crippen LogP contribution in [-0.2, 0) is 6.42 Å². The number of aromatic nitrogens is 4. The fourth-order valence-corrected chi connectivity index (χ4v) is 2.97. The Balaban J connectivity index is 1.55. The number of pyridine rings is 3. The van der Waals surface area contributed by atoms with Gasteiger partial charge in [0.1, 0.15) is 5.65 Å². The zero-order chi connectivity index (χ0) is 18.8. The average molecular weight is 361 g/mol. The fourth-order valence-electron chi connectivity index (χ4n) is 2.97. The second-order valence-electron chi connectivity index (χ2n) is 6.36. The summed E-state index contributed by atoms with van der Waals surface area (Å²) in [6.07, 6.45) is 7.57. The second kappa shape index (κ2) is 7.15. The first-order chi connectivity index (χ1) is 13.1. The van der Waals surface area contributed by atoms with E-state index in [1.54, 1.807) is 37.9 Å². The van der Waals surface area contributed by atoms with Gasteiger partial charge >= 0.3 is 0 Å². The van der Waals surface area contributed by atoms with Crippen LogP contribution in [0.25, 0.3) is 11.0 Å². The maximum absolute atomic E-state index is 14.6. The summed E-state index contributed by atoms with van der Waals surface area (Å²) in [5.41, 5.74) is 4.79. The highest BCUT2D eigenvalue weighted by Crippen LogP contribution is 2.22. The molecule has 0 aliphatic rings. The third kappa shape index (κ3) is 3.65. The summed E-state index contributed by atoms with van der Waals surface area (Å²) in [5, 5.41) is 1.01. The van der Waals surface area contributed by atoms with E-state index < -0.39 is 5.95 Å². The minimum Gasteiger partial charge on any atom is -0.481 e. The van der Waals surface area contributed by atoms with Gasteiger partial charge in [-0.15, -0.1) is 0 Å². The lowest BCUT2D eigenvalue weighted by Gasteiger charge is -2.06. The summed E-state index contributed by atoms with van der Waals surface area (Å²) < 4.78 is 19.6. The monoisotopic (exact) mass is 361 g/mol. The van der Waals surface area contributed by atoms with Gasteiger partial charge in [0.2, 0.25) is 11.8 Å². The molecule has 0 fully saturated rings. The number of hydrogen-bond acceptors (Lipinski definition) is 4. The molecule has 0 saturated heterocycles. The first-order valence-corrected chi connectivity index (χ1v) is 8.55. The van der Waals surface area contributed by atoms with Crippen molar-refractivity contribution in [2.24, 2.45) is 0 Å². The molecule has 0 atom stereocenters. The van der Waals surface area contributed by atoms with Gasteiger partial charge in [0.05, 0.1) is 12.8 Å². The van der Waals surface area contributed by atoms with Crippen molar-refractivity contribution in [2.75, 3.05) is 7.11 Å². The number of fused-ring (bicyclic) bond motifs is 1. The van der Waals surface area contributed by atoms with E-state index in [9.17, 15) is 4.39 Å². The lowest BCUT2D eigenvalue weighted by molar-refractivity contribution is 0.398. The standard InChI is InChI=1S/C21H18FN4O/c1-13-7-18-16(12-25-21(18)24-10-13)9-15-4-5-17(26-20(15)22)8-14-3-6-19(27-2)23-11-14/h3-8,10-12H,9H2,1-2H3,(H,24,25). The molecule has 4 aromatic heterocycles. The molecule has 0 aliphatic carbocycles. The van der Waals surface area contributed by atoms with Gasteiger partial charge in [-0.05, 0) is 35.7 Å². The molecular formula is C21H18FN4O. The van der Waals surface area contributed by atoms with Gasteiger partial charge in [-0.25, -0.2) is 15.0 Å². The van der Waals surface area contributed by atoms with Crippen LogP contribution in [-0.4, -0.2) is 27.0 Å². The molecule has 0 aromatic carbocycles. The molecule has 4 rings (SSSR count). The van der Waals surface area contributed by atoms with E-state index in [0.717, 1.165) is 27.7 Å². The van der Waals surface area contributed by atoms with Gasteiger partial charge in [-0.1, -0.05) is 12.1 Å². The normalized spacial score (nSPS) is 11.1. The number of rotatable bonds is 5. The van der Waals surface area contributed by atoms with Crippen molar-refractivity contribution < 1.29 is 9.13 Å². The summed E-state index contributed by atoms with van der Waals surface area (Å²) in [4.78, 5) is 15.7. The van der Waals surface area contributed by atoms with Gasteiger partial charge < -0.3 is 9.72 Å². The SMILES string of the molecule is COc1ccc([CH]c2ccc(Cc3c[nH]c4ncc(C)cc34)c(F)n2)cn1. The molecule has 135 valence electrons. The highest BCUT2D eigenvalue weighted by atomic mass is 19.1. The molecule has 0 saturated carbocycles. The number of ether oxygens (including phenoxy) is 1. The molecule has 0 bridgehead atoms. The van der Waals surface area contributed by atoms with E-state index in [1.807, 2.05) is 25.4 Å². The molecular weight excluding hydrogens is 343 g/mol. The van der Waals surface area contributed by atoms with Gasteiger partial charge in [0, 0.05) is 48.4 Å². The summed E-state index contributed by atoms with van der Waals surface area (Å²) in [6, 6.07) is 9.23. The minimum atomic E-state index is -0.472. The van der Waals surface area contributed by atoms with Crippen LogP contribution in [0.3, 0.4) is 0 Å². The molecule has 1 N–H and O–H groups in total. The lowest BCUT2D eigenvalue weighted by Crippen LogP contribution is -1.99. The lowest BCUT2D eigenvalue weighted by atomic mass is 10.0. The Bertz CT molecular complexity index is 1090. The molecule has 0 spiro atoms. The van der Waals surface area contributed by atoms with Gasteiger partial charge in [-0.2, -0.15) is 4.39 Å². The predicted octanol–water partition coefficient (Wildman–Crippen LogP) is 4.00. The molecule has 1 radical (unpaired) electrons. The van der Waals surface area contributed by atoms with Gasteiger partial charge in [-0.3, -0.25) is 0 Å². The number of aryl methyl sites for hydroxylation is 1. The van der Waals surface area contributed by atoms with Crippen LogP contribution in [0.1, 0.15) is 27.9 Å². The minimum absolute atomic E-state index is 0.453. The van der Waals surface area contributed by atoms with Crippen LogP contribution in [0.5, 0.6) is 5.88 Å². The third-order valence-corrected chi connectivity index (χ3v) is 4.36. The molecule has 27 heavy (non-hydrogen) atoms. The summed E-state index contributed by atoms with van der Waals surface area (Å²) in [6.45, 7) is 1.99. The molecule has 4 aromatic rings. The van der Waals surface area contributed by atoms with E-state index in [4.69, 9.17) is 4.74 Å². The van der Waals surface area contributed by atoms with Crippen molar-refractivity contribution in [3.05, 3.63) is 89.2 Å². The molecule has 0 unspecified atom stereocenters. The number of hydrogen-bond donors (Lipinski definition) is 1. The highest BCUT2D eigenvalue weighted by Gasteiger charge is 2.11. The predicted molar refractivity (Wildman–Crippen MR) is 101 cm³/mol. The first kappa shape index (κ1) is 17.1. The van der Waals surface area contributed by atoms with Gasteiger partial charge in [0.25, 0.3) is 0 Å². The van der Waals surface area contributed by atoms with Crippen molar-refractivity contribution in [1.29, 1.82) is 0 Å². The van der Waals surface area contributed by atoms with Crippen molar-refractivity contribution >= 4 is 11.0 Å². The largest absolute Gasteiger partial charge is 0.481 e. The zero-order valence-corrected chi connectivity index (χ0v) is 15.0. The van der Waals surface area contributed by atoms with E-state index in [0.29, 0.717) is 23.6 Å². The molecule has 4 heterocycles. The number of methoxy groups -OCH3 is 1. The smallest absolute Gasteiger partial charge is 0.216 e. The van der Waals surface area contributed by atoms with Crippen LogP contribution in [0, 0.1) is 19.3 Å². The van der Waals surface area contributed by atoms with Crippen molar-refractivity contribution in [3.63, 3.8) is 0 Å². The molecule has 0 aliphatic heterocycles. The Kier molecular flexibility index (Phi) is 4.54. The number of aromatic amines is 1. The Labute approximate surface area is 156 Å². The maximum atomic E-state index is 14.6. The third-order valence-electron chi connectivity index (χ3n) is 4.36. The molecule has 5 nitrogen and oxygen atoms in total. The van der Waals surface area contributed by atoms with E-state index >= 15 is 0 Å². The molecule has 6 heteroatoms. The van der Waals surface area contributed by atoms with Crippen molar-refractivity contribution in [1.82, 2.24) is 19.9 Å². The quantitative estimate of drug-likeness (QED) is 0.546. The van der Waals surface area contributed by atoms with Crippen LogP contribution < -0.4 is 4.74 Å². The van der Waals surface area contributed by atoms with Gasteiger partial charge in [0.15, 0.2) is 0 Å². The summed E-state index contributed by atoms with van der Waals surface area (Å²) >= 11 is 0. The summed E-state index contributed by atoms with van der Waals surface area (Å²) in [7, 11) is 1.56. The number of nitrogens with zero attached hydrogens (tertiary/aromatic N) is 3. The topological polar surface area (TPSA) is 63.7 Å². The van der Waals surface area contributed by atoms with E-state index in [1.165, 1.54) is 0 Å². The number of H-pyrrole nitrogens is 1. The van der Waals surface area contributed by atoms with Crippen LogP contribution >= 0.6 is 0 Å². The Hall–Kier alpha value is -3.28. The van der Waals surface area contributed by atoms with E-state index in [-0.39, 0.29) is 0 Å². The van der Waals surface area contributed by atoms with Crippen LogP contribution in [0.4, 0.5) is 4.39 Å².